The van der Waals surface area contributed by atoms with Crippen molar-refractivity contribution in [2.45, 2.75) is 33.3 Å². The van der Waals surface area contributed by atoms with E-state index in [-0.39, 0.29) is 0 Å². The standard InChI is InChI=1S/C15H22N2O4/c1-10(16-17-14(18)21-15(2,3)4)11-7-8-12(19-5)13(9-11)20-6/h7-9H,1-6H3,(H,17,18)/b16-10+. The van der Waals surface area contributed by atoms with Gasteiger partial charge in [0.15, 0.2) is 11.5 Å². The van der Waals surface area contributed by atoms with Gasteiger partial charge in [0.2, 0.25) is 0 Å². The topological polar surface area (TPSA) is 69.2 Å². The van der Waals surface area contributed by atoms with Gasteiger partial charge in [0.1, 0.15) is 5.60 Å². The normalized spacial score (nSPS) is 11.8. The molecule has 0 unspecified atom stereocenters. The maximum absolute atomic E-state index is 11.5. The maximum atomic E-state index is 11.5. The zero-order chi connectivity index (χ0) is 16.0. The van der Waals surface area contributed by atoms with E-state index < -0.39 is 11.7 Å². The summed E-state index contributed by atoms with van der Waals surface area (Å²) in [5.41, 5.74) is 3.24. The first-order valence-electron chi connectivity index (χ1n) is 6.52. The lowest BCUT2D eigenvalue weighted by Gasteiger charge is -2.18. The Bertz CT molecular complexity index is 533. The van der Waals surface area contributed by atoms with E-state index in [4.69, 9.17) is 14.2 Å². The minimum atomic E-state index is -0.595. The summed E-state index contributed by atoms with van der Waals surface area (Å²) in [4.78, 5) is 11.5. The number of rotatable bonds is 4. The van der Waals surface area contributed by atoms with Gasteiger partial charge in [-0.05, 0) is 45.9 Å². The van der Waals surface area contributed by atoms with E-state index in [9.17, 15) is 4.79 Å². The van der Waals surface area contributed by atoms with Crippen LogP contribution in [-0.2, 0) is 4.74 Å². The second-order valence-corrected chi connectivity index (χ2v) is 5.38. The predicted octanol–water partition coefficient (Wildman–Crippen LogP) is 2.95. The van der Waals surface area contributed by atoms with Gasteiger partial charge >= 0.3 is 6.09 Å². The molecule has 0 saturated carbocycles. The number of hydrogen-bond acceptors (Lipinski definition) is 5. The third-order valence-corrected chi connectivity index (χ3v) is 2.52. The van der Waals surface area contributed by atoms with Crippen LogP contribution in [-0.4, -0.2) is 31.6 Å². The highest BCUT2D eigenvalue weighted by molar-refractivity contribution is 5.99. The van der Waals surface area contributed by atoms with Crippen molar-refractivity contribution in [1.82, 2.24) is 5.43 Å². The Balaban J connectivity index is 2.81. The summed E-state index contributed by atoms with van der Waals surface area (Å²) < 4.78 is 15.5. The summed E-state index contributed by atoms with van der Waals surface area (Å²) in [6.07, 6.45) is -0.595. The van der Waals surface area contributed by atoms with Crippen LogP contribution in [0.4, 0.5) is 4.79 Å². The van der Waals surface area contributed by atoms with Crippen molar-refractivity contribution in [2.24, 2.45) is 5.10 Å². The molecule has 6 heteroatoms. The van der Waals surface area contributed by atoms with Crippen molar-refractivity contribution in [3.63, 3.8) is 0 Å². The van der Waals surface area contributed by atoms with Gasteiger partial charge in [-0.1, -0.05) is 0 Å². The lowest BCUT2D eigenvalue weighted by molar-refractivity contribution is 0.0529. The second kappa shape index (κ2) is 6.97. The molecular weight excluding hydrogens is 272 g/mol. The zero-order valence-corrected chi connectivity index (χ0v) is 13.3. The Morgan fingerprint density at radius 3 is 2.29 bits per heavy atom. The van der Waals surface area contributed by atoms with E-state index in [0.717, 1.165) is 5.56 Å². The van der Waals surface area contributed by atoms with E-state index in [2.05, 4.69) is 10.5 Å². The van der Waals surface area contributed by atoms with Gasteiger partial charge in [-0.15, -0.1) is 0 Å². The Labute approximate surface area is 125 Å². The van der Waals surface area contributed by atoms with E-state index in [1.54, 1.807) is 54.0 Å². The van der Waals surface area contributed by atoms with Gasteiger partial charge in [0, 0.05) is 5.56 Å². The lowest BCUT2D eigenvalue weighted by atomic mass is 10.1. The SMILES string of the molecule is COc1ccc(/C(C)=N/NC(=O)OC(C)(C)C)cc1OC. The first kappa shape index (κ1) is 16.8. The van der Waals surface area contributed by atoms with Crippen LogP contribution in [0.2, 0.25) is 0 Å². The first-order valence-corrected chi connectivity index (χ1v) is 6.52. The predicted molar refractivity (Wildman–Crippen MR) is 81.1 cm³/mol. The third kappa shape index (κ3) is 5.33. The van der Waals surface area contributed by atoms with Crippen molar-refractivity contribution >= 4 is 11.8 Å². The largest absolute Gasteiger partial charge is 0.493 e. The molecule has 0 aliphatic rings. The number of hydrazone groups is 1. The molecule has 1 rings (SSSR count). The van der Waals surface area contributed by atoms with Crippen molar-refractivity contribution < 1.29 is 19.0 Å². The van der Waals surface area contributed by atoms with E-state index in [0.29, 0.717) is 17.2 Å². The Morgan fingerprint density at radius 2 is 1.76 bits per heavy atom. The fourth-order valence-corrected chi connectivity index (χ4v) is 1.56. The van der Waals surface area contributed by atoms with Crippen LogP contribution in [0, 0.1) is 0 Å². The molecule has 0 fully saturated rings. The molecule has 0 aliphatic heterocycles. The molecule has 1 aromatic rings. The summed E-state index contributed by atoms with van der Waals surface area (Å²) in [6.45, 7) is 7.14. The molecule has 0 aliphatic carbocycles. The fourth-order valence-electron chi connectivity index (χ4n) is 1.56. The van der Waals surface area contributed by atoms with E-state index in [1.807, 2.05) is 6.07 Å². The van der Waals surface area contributed by atoms with Gasteiger partial charge in [-0.2, -0.15) is 5.10 Å². The van der Waals surface area contributed by atoms with Gasteiger partial charge in [-0.25, -0.2) is 10.2 Å². The molecule has 0 bridgehead atoms. The van der Waals surface area contributed by atoms with Crippen molar-refractivity contribution in [2.75, 3.05) is 14.2 Å². The average Bonchev–Trinajstić information content (AvgIpc) is 2.42. The summed E-state index contributed by atoms with van der Waals surface area (Å²) >= 11 is 0. The smallest absolute Gasteiger partial charge is 0.428 e. The van der Waals surface area contributed by atoms with Gasteiger partial charge in [-0.3, -0.25) is 0 Å². The molecule has 0 spiro atoms. The molecule has 0 radical (unpaired) electrons. The molecule has 6 nitrogen and oxygen atoms in total. The molecule has 0 atom stereocenters. The third-order valence-electron chi connectivity index (χ3n) is 2.52. The van der Waals surface area contributed by atoms with Gasteiger partial charge in [0.25, 0.3) is 0 Å². The summed E-state index contributed by atoms with van der Waals surface area (Å²) in [6, 6.07) is 5.39. The number of carbonyl (C=O) groups is 1. The molecule has 1 N–H and O–H groups in total. The molecular formula is C15H22N2O4. The number of carbonyl (C=O) groups excluding carboxylic acids is 1. The monoisotopic (exact) mass is 294 g/mol. The molecule has 0 saturated heterocycles. The molecule has 1 amide bonds. The van der Waals surface area contributed by atoms with E-state index in [1.165, 1.54) is 0 Å². The van der Waals surface area contributed by atoms with Crippen LogP contribution < -0.4 is 14.9 Å². The Kier molecular flexibility index (Phi) is 5.58. The second-order valence-electron chi connectivity index (χ2n) is 5.38. The zero-order valence-electron chi connectivity index (χ0n) is 13.3. The number of methoxy groups -OCH3 is 2. The number of ether oxygens (including phenoxy) is 3. The highest BCUT2D eigenvalue weighted by atomic mass is 16.6. The molecule has 116 valence electrons. The number of nitrogens with one attached hydrogen (secondary N) is 1. The maximum Gasteiger partial charge on any atom is 0.428 e. The highest BCUT2D eigenvalue weighted by Gasteiger charge is 2.15. The van der Waals surface area contributed by atoms with E-state index >= 15 is 0 Å². The number of nitrogens with zero attached hydrogens (tertiary/aromatic N) is 1. The van der Waals surface area contributed by atoms with Crippen LogP contribution in [0.15, 0.2) is 23.3 Å². The summed E-state index contributed by atoms with van der Waals surface area (Å²) in [5, 5.41) is 4.01. The van der Waals surface area contributed by atoms with Crippen molar-refractivity contribution in [3.05, 3.63) is 23.8 Å². The van der Waals surface area contributed by atoms with Crippen LogP contribution in [0.25, 0.3) is 0 Å². The lowest BCUT2D eigenvalue weighted by Crippen LogP contribution is -2.30. The quantitative estimate of drug-likeness (QED) is 0.684. The van der Waals surface area contributed by atoms with Crippen LogP contribution in [0.5, 0.6) is 11.5 Å². The number of amides is 1. The molecule has 1 aromatic carbocycles. The van der Waals surface area contributed by atoms with Gasteiger partial charge in [0.05, 0.1) is 19.9 Å². The average molecular weight is 294 g/mol. The highest BCUT2D eigenvalue weighted by Crippen LogP contribution is 2.27. The number of benzene rings is 1. The fraction of sp³-hybridized carbons (Fsp3) is 0.467. The minimum absolute atomic E-state index is 0.559. The molecule has 0 heterocycles. The summed E-state index contributed by atoms with van der Waals surface area (Å²) in [5.74, 6) is 1.23. The number of hydrogen-bond donors (Lipinski definition) is 1. The van der Waals surface area contributed by atoms with Crippen LogP contribution >= 0.6 is 0 Å². The van der Waals surface area contributed by atoms with Crippen LogP contribution in [0.3, 0.4) is 0 Å². The molecule has 21 heavy (non-hydrogen) atoms. The van der Waals surface area contributed by atoms with Crippen molar-refractivity contribution in [3.8, 4) is 11.5 Å². The Morgan fingerprint density at radius 1 is 1.14 bits per heavy atom. The van der Waals surface area contributed by atoms with Crippen molar-refractivity contribution in [1.29, 1.82) is 0 Å². The first-order chi connectivity index (χ1) is 9.76. The molecule has 0 aromatic heterocycles. The minimum Gasteiger partial charge on any atom is -0.493 e. The van der Waals surface area contributed by atoms with Gasteiger partial charge < -0.3 is 14.2 Å². The summed E-state index contributed by atoms with van der Waals surface area (Å²) in [7, 11) is 3.13. The van der Waals surface area contributed by atoms with Crippen LogP contribution in [0.1, 0.15) is 33.3 Å². The Hall–Kier alpha value is -2.24.